The van der Waals surface area contributed by atoms with Crippen LogP contribution in [0.15, 0.2) is 40.7 Å². The number of anilines is 1. The molecule has 1 heterocycles. The number of nitrogens with one attached hydrogen (secondary N) is 1. The number of nitrogens with zero attached hydrogens (tertiary/aromatic N) is 1. The molecule has 2 rings (SSSR count). The molecular formula is C16H20ClN3OS. The first-order valence-corrected chi connectivity index (χ1v) is 8.27. The molecule has 1 unspecified atom stereocenters. The van der Waals surface area contributed by atoms with Gasteiger partial charge in [-0.25, -0.2) is 0 Å². The Kier molecular flexibility index (Phi) is 6.10. The molecule has 118 valence electrons. The fourth-order valence-electron chi connectivity index (χ4n) is 2.02. The molecule has 22 heavy (non-hydrogen) atoms. The van der Waals surface area contributed by atoms with Crippen LogP contribution in [0.4, 0.5) is 5.69 Å². The molecular weight excluding hydrogens is 318 g/mol. The molecule has 0 spiro atoms. The van der Waals surface area contributed by atoms with E-state index in [9.17, 15) is 0 Å². The quantitative estimate of drug-likeness (QED) is 0.618. The van der Waals surface area contributed by atoms with Crippen LogP contribution in [0.1, 0.15) is 11.8 Å². The first kappa shape index (κ1) is 16.6. The summed E-state index contributed by atoms with van der Waals surface area (Å²) in [5, 5.41) is 5.66. The van der Waals surface area contributed by atoms with Crippen molar-refractivity contribution in [3.8, 4) is 5.75 Å². The molecule has 4 nitrogen and oxygen atoms in total. The molecule has 1 aromatic carbocycles. The van der Waals surface area contributed by atoms with Crippen molar-refractivity contribution in [2.24, 2.45) is 16.6 Å². The minimum absolute atomic E-state index is 0.388. The van der Waals surface area contributed by atoms with Crippen LogP contribution in [0.2, 0.25) is 5.02 Å². The first-order valence-electron chi connectivity index (χ1n) is 7.01. The minimum Gasteiger partial charge on any atom is -0.495 e. The van der Waals surface area contributed by atoms with Crippen LogP contribution >= 0.6 is 22.9 Å². The topological polar surface area (TPSA) is 59.6 Å². The third-order valence-electron chi connectivity index (χ3n) is 3.13. The maximum atomic E-state index is 6.08. The zero-order valence-electron chi connectivity index (χ0n) is 12.7. The van der Waals surface area contributed by atoms with Crippen molar-refractivity contribution >= 4 is 34.6 Å². The molecule has 6 heteroatoms. The maximum absolute atomic E-state index is 6.08. The van der Waals surface area contributed by atoms with Gasteiger partial charge in [0, 0.05) is 17.1 Å². The standard InChI is InChI=1S/C16H20ClN3OS/c1-11(8-13-4-3-7-22-13)10-19-16(18)20-12-5-6-15(21-2)14(17)9-12/h3-7,9,11H,8,10H2,1-2H3,(H3,18,19,20). The summed E-state index contributed by atoms with van der Waals surface area (Å²) in [5.74, 6) is 1.46. The number of hydrogen-bond acceptors (Lipinski definition) is 3. The largest absolute Gasteiger partial charge is 0.495 e. The monoisotopic (exact) mass is 337 g/mol. The Hall–Kier alpha value is -1.72. The number of thiophene rings is 1. The Morgan fingerprint density at radius 1 is 1.45 bits per heavy atom. The number of nitrogens with two attached hydrogens (primary N) is 1. The fraction of sp³-hybridized carbons (Fsp3) is 0.312. The fourth-order valence-corrected chi connectivity index (χ4v) is 3.15. The van der Waals surface area contributed by atoms with Crippen molar-refractivity contribution in [3.05, 3.63) is 45.6 Å². The van der Waals surface area contributed by atoms with Gasteiger partial charge in [0.2, 0.25) is 0 Å². The molecule has 0 radical (unpaired) electrons. The van der Waals surface area contributed by atoms with Gasteiger partial charge in [-0.2, -0.15) is 0 Å². The lowest BCUT2D eigenvalue weighted by Crippen LogP contribution is -2.23. The molecule has 0 aliphatic carbocycles. The molecule has 3 N–H and O–H groups in total. The van der Waals surface area contributed by atoms with Crippen LogP contribution in [0, 0.1) is 5.92 Å². The lowest BCUT2D eigenvalue weighted by atomic mass is 10.1. The minimum atomic E-state index is 0.388. The van der Waals surface area contributed by atoms with Crippen LogP contribution in [-0.4, -0.2) is 19.6 Å². The number of hydrogen-bond donors (Lipinski definition) is 2. The number of aliphatic imine (C=N–C) groups is 1. The van der Waals surface area contributed by atoms with E-state index in [2.05, 4.69) is 34.7 Å². The van der Waals surface area contributed by atoms with Crippen molar-refractivity contribution in [2.75, 3.05) is 19.0 Å². The van der Waals surface area contributed by atoms with Gasteiger partial charge in [0.1, 0.15) is 5.75 Å². The summed E-state index contributed by atoms with van der Waals surface area (Å²) in [6.07, 6.45) is 1.02. The van der Waals surface area contributed by atoms with Crippen molar-refractivity contribution < 1.29 is 4.74 Å². The summed E-state index contributed by atoms with van der Waals surface area (Å²) in [4.78, 5) is 5.76. The van der Waals surface area contributed by atoms with E-state index >= 15 is 0 Å². The Balaban J connectivity index is 1.88. The van der Waals surface area contributed by atoms with Crippen LogP contribution in [-0.2, 0) is 6.42 Å². The van der Waals surface area contributed by atoms with Crippen molar-refractivity contribution in [3.63, 3.8) is 0 Å². The summed E-state index contributed by atoms with van der Waals surface area (Å²) in [7, 11) is 1.58. The lowest BCUT2D eigenvalue weighted by molar-refractivity contribution is 0.415. The second-order valence-electron chi connectivity index (χ2n) is 5.09. The van der Waals surface area contributed by atoms with E-state index in [1.807, 2.05) is 6.07 Å². The summed E-state index contributed by atoms with van der Waals surface area (Å²) in [5.41, 5.74) is 6.70. The van der Waals surface area contributed by atoms with Gasteiger partial charge in [0.05, 0.1) is 12.1 Å². The average molecular weight is 338 g/mol. The zero-order valence-corrected chi connectivity index (χ0v) is 14.2. The van der Waals surface area contributed by atoms with E-state index in [-0.39, 0.29) is 0 Å². The van der Waals surface area contributed by atoms with Gasteiger partial charge in [-0.05, 0) is 42.0 Å². The number of guanidine groups is 1. The van der Waals surface area contributed by atoms with Crippen LogP contribution in [0.5, 0.6) is 5.75 Å². The van der Waals surface area contributed by atoms with Gasteiger partial charge in [-0.15, -0.1) is 11.3 Å². The molecule has 0 amide bonds. The van der Waals surface area contributed by atoms with Crippen molar-refractivity contribution in [1.82, 2.24) is 0 Å². The van der Waals surface area contributed by atoms with E-state index in [4.69, 9.17) is 22.1 Å². The number of benzene rings is 1. The third kappa shape index (κ3) is 4.93. The second kappa shape index (κ2) is 8.06. The van der Waals surface area contributed by atoms with Gasteiger partial charge in [-0.1, -0.05) is 24.6 Å². The summed E-state index contributed by atoms with van der Waals surface area (Å²) < 4.78 is 5.11. The molecule has 0 aliphatic heterocycles. The van der Waals surface area contributed by atoms with Crippen LogP contribution in [0.25, 0.3) is 0 Å². The van der Waals surface area contributed by atoms with Gasteiger partial charge in [0.25, 0.3) is 0 Å². The molecule has 0 aliphatic rings. The maximum Gasteiger partial charge on any atom is 0.193 e. The van der Waals surface area contributed by atoms with Crippen molar-refractivity contribution in [1.29, 1.82) is 0 Å². The van der Waals surface area contributed by atoms with Gasteiger partial charge >= 0.3 is 0 Å². The first-order chi connectivity index (χ1) is 10.6. The highest BCUT2D eigenvalue weighted by atomic mass is 35.5. The number of ether oxygens (including phenoxy) is 1. The molecule has 0 saturated heterocycles. The molecule has 0 fully saturated rings. The third-order valence-corrected chi connectivity index (χ3v) is 4.32. The summed E-state index contributed by atoms with van der Waals surface area (Å²) >= 11 is 7.85. The Bertz CT molecular complexity index is 628. The molecule has 1 atom stereocenters. The summed E-state index contributed by atoms with van der Waals surface area (Å²) in [6.45, 7) is 2.85. The number of methoxy groups -OCH3 is 1. The van der Waals surface area contributed by atoms with Gasteiger partial charge in [-0.3, -0.25) is 4.99 Å². The SMILES string of the molecule is COc1ccc(NC(N)=NCC(C)Cc2cccs2)cc1Cl. The number of halogens is 1. The van der Waals surface area contributed by atoms with Crippen LogP contribution < -0.4 is 15.8 Å². The smallest absolute Gasteiger partial charge is 0.193 e. The highest BCUT2D eigenvalue weighted by Crippen LogP contribution is 2.27. The Morgan fingerprint density at radius 3 is 2.91 bits per heavy atom. The van der Waals surface area contributed by atoms with E-state index in [0.717, 1.165) is 12.1 Å². The van der Waals surface area contributed by atoms with Crippen LogP contribution in [0.3, 0.4) is 0 Å². The molecule has 0 bridgehead atoms. The molecule has 0 saturated carbocycles. The average Bonchev–Trinajstić information content (AvgIpc) is 2.98. The normalized spacial score (nSPS) is 13.0. The van der Waals surface area contributed by atoms with E-state index in [0.29, 0.717) is 29.2 Å². The van der Waals surface area contributed by atoms with E-state index in [1.165, 1.54) is 4.88 Å². The summed E-state index contributed by atoms with van der Waals surface area (Å²) in [6, 6.07) is 9.61. The second-order valence-corrected chi connectivity index (χ2v) is 6.53. The number of rotatable bonds is 6. The van der Waals surface area contributed by atoms with Gasteiger partial charge < -0.3 is 15.8 Å². The zero-order chi connectivity index (χ0) is 15.9. The highest BCUT2D eigenvalue weighted by molar-refractivity contribution is 7.09. The van der Waals surface area contributed by atoms with E-state index in [1.54, 1.807) is 30.6 Å². The molecule has 1 aromatic heterocycles. The predicted molar refractivity (Wildman–Crippen MR) is 95.3 cm³/mol. The van der Waals surface area contributed by atoms with Gasteiger partial charge in [0.15, 0.2) is 5.96 Å². The lowest BCUT2D eigenvalue weighted by Gasteiger charge is -2.10. The molecule has 2 aromatic rings. The predicted octanol–water partition coefficient (Wildman–Crippen LogP) is 4.02. The Labute approximate surface area is 140 Å². The Morgan fingerprint density at radius 2 is 2.27 bits per heavy atom. The highest BCUT2D eigenvalue weighted by Gasteiger charge is 2.05. The van der Waals surface area contributed by atoms with Crippen molar-refractivity contribution in [2.45, 2.75) is 13.3 Å². The van der Waals surface area contributed by atoms with E-state index < -0.39 is 0 Å².